The molecule has 0 heterocycles. The normalized spacial score (nSPS) is 11.8. The molecule has 0 aromatic heterocycles. The first-order valence-corrected chi connectivity index (χ1v) is 6.82. The van der Waals surface area contributed by atoms with Crippen LogP contribution in [0, 0.1) is 0 Å². The van der Waals surface area contributed by atoms with Crippen molar-refractivity contribution >= 4 is 23.3 Å². The molecule has 110 valence electrons. The SMILES string of the molecule is COC(=O)c1cc(Cl)ccc1NC(C)c1ccc(O)cc1. The van der Waals surface area contributed by atoms with Crippen LogP contribution in [0.15, 0.2) is 42.5 Å². The minimum absolute atomic E-state index is 0.0461. The molecule has 0 aliphatic carbocycles. The van der Waals surface area contributed by atoms with Crippen molar-refractivity contribution in [1.29, 1.82) is 0 Å². The van der Waals surface area contributed by atoms with Gasteiger partial charge in [-0.2, -0.15) is 0 Å². The smallest absolute Gasteiger partial charge is 0.340 e. The molecule has 2 aromatic rings. The molecule has 0 aliphatic heterocycles. The topological polar surface area (TPSA) is 58.6 Å². The summed E-state index contributed by atoms with van der Waals surface area (Å²) in [4.78, 5) is 11.8. The zero-order chi connectivity index (χ0) is 15.4. The number of aromatic hydroxyl groups is 1. The van der Waals surface area contributed by atoms with Gasteiger partial charge in [0.05, 0.1) is 12.7 Å². The number of benzene rings is 2. The summed E-state index contributed by atoms with van der Waals surface area (Å²) in [6.07, 6.45) is 0. The molecule has 0 radical (unpaired) electrons. The number of phenolic OH excluding ortho intramolecular Hbond substituents is 1. The zero-order valence-electron chi connectivity index (χ0n) is 11.8. The number of carbonyl (C=O) groups is 1. The Morgan fingerprint density at radius 3 is 2.52 bits per heavy atom. The molecule has 5 heteroatoms. The Morgan fingerprint density at radius 2 is 1.90 bits per heavy atom. The molecule has 1 atom stereocenters. The standard InChI is InChI=1S/C16H16ClNO3/c1-10(11-3-6-13(19)7-4-11)18-15-8-5-12(17)9-14(15)16(20)21-2/h3-10,18-19H,1-2H3. The zero-order valence-corrected chi connectivity index (χ0v) is 12.5. The Labute approximate surface area is 128 Å². The van der Waals surface area contributed by atoms with Gasteiger partial charge in [0.2, 0.25) is 0 Å². The van der Waals surface area contributed by atoms with Crippen LogP contribution in [0.25, 0.3) is 0 Å². The number of hydrogen-bond acceptors (Lipinski definition) is 4. The van der Waals surface area contributed by atoms with E-state index in [1.54, 1.807) is 30.3 Å². The van der Waals surface area contributed by atoms with E-state index in [4.69, 9.17) is 16.3 Å². The van der Waals surface area contributed by atoms with Crippen LogP contribution in [0.3, 0.4) is 0 Å². The fourth-order valence-electron chi connectivity index (χ4n) is 2.00. The van der Waals surface area contributed by atoms with E-state index < -0.39 is 5.97 Å². The third kappa shape index (κ3) is 3.67. The Kier molecular flexibility index (Phi) is 4.70. The Balaban J connectivity index is 2.26. The average Bonchev–Trinajstić information content (AvgIpc) is 2.48. The minimum atomic E-state index is -0.446. The van der Waals surface area contributed by atoms with E-state index in [9.17, 15) is 9.90 Å². The number of methoxy groups -OCH3 is 1. The fourth-order valence-corrected chi connectivity index (χ4v) is 2.17. The van der Waals surface area contributed by atoms with Gasteiger partial charge in [0.1, 0.15) is 5.75 Å². The van der Waals surface area contributed by atoms with E-state index in [0.717, 1.165) is 5.56 Å². The third-order valence-electron chi connectivity index (χ3n) is 3.15. The van der Waals surface area contributed by atoms with Crippen LogP contribution in [0.4, 0.5) is 5.69 Å². The first-order valence-electron chi connectivity index (χ1n) is 6.44. The minimum Gasteiger partial charge on any atom is -0.508 e. The number of esters is 1. The predicted molar refractivity (Wildman–Crippen MR) is 82.9 cm³/mol. The Bertz CT molecular complexity index is 640. The van der Waals surface area contributed by atoms with Crippen molar-refractivity contribution in [2.45, 2.75) is 13.0 Å². The molecule has 1 unspecified atom stereocenters. The number of anilines is 1. The number of rotatable bonds is 4. The lowest BCUT2D eigenvalue weighted by atomic mass is 10.1. The second-order valence-electron chi connectivity index (χ2n) is 4.64. The van der Waals surface area contributed by atoms with Crippen molar-refractivity contribution in [2.75, 3.05) is 12.4 Å². The second-order valence-corrected chi connectivity index (χ2v) is 5.08. The van der Waals surface area contributed by atoms with Gasteiger partial charge < -0.3 is 15.2 Å². The van der Waals surface area contributed by atoms with Crippen LogP contribution in [0.5, 0.6) is 5.75 Å². The van der Waals surface area contributed by atoms with Gasteiger partial charge in [-0.25, -0.2) is 4.79 Å². The Hall–Kier alpha value is -2.20. The summed E-state index contributed by atoms with van der Waals surface area (Å²) in [5, 5.41) is 13.0. The highest BCUT2D eigenvalue weighted by molar-refractivity contribution is 6.31. The highest BCUT2D eigenvalue weighted by Gasteiger charge is 2.15. The molecule has 2 N–H and O–H groups in total. The molecule has 0 aliphatic rings. The van der Waals surface area contributed by atoms with Crippen molar-refractivity contribution in [2.24, 2.45) is 0 Å². The maximum Gasteiger partial charge on any atom is 0.340 e. The van der Waals surface area contributed by atoms with Gasteiger partial charge in [0.15, 0.2) is 0 Å². The first kappa shape index (κ1) is 15.2. The summed E-state index contributed by atoms with van der Waals surface area (Å²) >= 11 is 5.93. The van der Waals surface area contributed by atoms with Gasteiger partial charge in [-0.15, -0.1) is 0 Å². The second kappa shape index (κ2) is 6.50. The number of halogens is 1. The lowest BCUT2D eigenvalue weighted by Gasteiger charge is -2.18. The molecular formula is C16H16ClNO3. The van der Waals surface area contributed by atoms with E-state index >= 15 is 0 Å². The molecule has 0 fully saturated rings. The predicted octanol–water partition coefficient (Wildman–Crippen LogP) is 4.01. The van der Waals surface area contributed by atoms with Gasteiger partial charge in [0, 0.05) is 16.8 Å². The summed E-state index contributed by atoms with van der Waals surface area (Å²) < 4.78 is 4.76. The average molecular weight is 306 g/mol. The van der Waals surface area contributed by atoms with Crippen LogP contribution in [-0.4, -0.2) is 18.2 Å². The highest BCUT2D eigenvalue weighted by Crippen LogP contribution is 2.26. The van der Waals surface area contributed by atoms with E-state index in [2.05, 4.69) is 5.32 Å². The van der Waals surface area contributed by atoms with Gasteiger partial charge >= 0.3 is 5.97 Å². The maximum atomic E-state index is 11.8. The molecule has 21 heavy (non-hydrogen) atoms. The number of hydrogen-bond donors (Lipinski definition) is 2. The van der Waals surface area contributed by atoms with Gasteiger partial charge in [-0.3, -0.25) is 0 Å². The van der Waals surface area contributed by atoms with Crippen LogP contribution >= 0.6 is 11.6 Å². The Morgan fingerprint density at radius 1 is 1.24 bits per heavy atom. The monoisotopic (exact) mass is 305 g/mol. The number of phenols is 1. The molecule has 0 saturated heterocycles. The molecule has 2 rings (SSSR count). The molecule has 0 amide bonds. The van der Waals surface area contributed by atoms with Crippen molar-refractivity contribution in [1.82, 2.24) is 0 Å². The summed E-state index contributed by atoms with van der Waals surface area (Å²) in [5.41, 5.74) is 2.01. The van der Waals surface area contributed by atoms with Crippen molar-refractivity contribution in [3.8, 4) is 5.75 Å². The molecular weight excluding hydrogens is 290 g/mol. The maximum absolute atomic E-state index is 11.8. The van der Waals surface area contributed by atoms with Crippen molar-refractivity contribution < 1.29 is 14.6 Å². The lowest BCUT2D eigenvalue weighted by molar-refractivity contribution is 0.0602. The van der Waals surface area contributed by atoms with Gasteiger partial charge in [-0.05, 0) is 42.8 Å². The molecule has 2 aromatic carbocycles. The van der Waals surface area contributed by atoms with Gasteiger partial charge in [0.25, 0.3) is 0 Å². The van der Waals surface area contributed by atoms with Crippen molar-refractivity contribution in [3.63, 3.8) is 0 Å². The third-order valence-corrected chi connectivity index (χ3v) is 3.39. The summed E-state index contributed by atoms with van der Waals surface area (Å²) in [7, 11) is 1.33. The quantitative estimate of drug-likeness (QED) is 0.838. The van der Waals surface area contributed by atoms with Crippen molar-refractivity contribution in [3.05, 3.63) is 58.6 Å². The van der Waals surface area contributed by atoms with E-state index in [1.165, 1.54) is 7.11 Å². The van der Waals surface area contributed by atoms with E-state index in [1.807, 2.05) is 19.1 Å². The highest BCUT2D eigenvalue weighted by atomic mass is 35.5. The van der Waals surface area contributed by atoms with Crippen LogP contribution < -0.4 is 5.32 Å². The number of carbonyl (C=O) groups excluding carboxylic acids is 1. The summed E-state index contributed by atoms with van der Waals surface area (Å²) in [6, 6.07) is 11.9. The van der Waals surface area contributed by atoms with Gasteiger partial charge in [-0.1, -0.05) is 23.7 Å². The number of ether oxygens (including phenoxy) is 1. The van der Waals surface area contributed by atoms with E-state index in [0.29, 0.717) is 16.3 Å². The molecule has 0 spiro atoms. The molecule has 0 bridgehead atoms. The van der Waals surface area contributed by atoms with Crippen LogP contribution in [-0.2, 0) is 4.74 Å². The van der Waals surface area contributed by atoms with E-state index in [-0.39, 0.29) is 11.8 Å². The molecule has 0 saturated carbocycles. The largest absolute Gasteiger partial charge is 0.508 e. The first-order chi connectivity index (χ1) is 10.0. The number of nitrogens with one attached hydrogen (secondary N) is 1. The van der Waals surface area contributed by atoms with Crippen LogP contribution in [0.1, 0.15) is 28.9 Å². The summed E-state index contributed by atoms with van der Waals surface area (Å²) in [5.74, 6) is -0.231. The summed E-state index contributed by atoms with van der Waals surface area (Å²) in [6.45, 7) is 1.96. The van der Waals surface area contributed by atoms with Crippen LogP contribution in [0.2, 0.25) is 5.02 Å². The molecule has 4 nitrogen and oxygen atoms in total. The fraction of sp³-hybridized carbons (Fsp3) is 0.188. The lowest BCUT2D eigenvalue weighted by Crippen LogP contribution is -2.11.